The zero-order valence-electron chi connectivity index (χ0n) is 11.6. The van der Waals surface area contributed by atoms with Gasteiger partial charge in [0.15, 0.2) is 0 Å². The molecule has 3 heteroatoms. The lowest BCUT2D eigenvalue weighted by molar-refractivity contribution is 0.340. The smallest absolute Gasteiger partial charge is 0.132 e. The van der Waals surface area contributed by atoms with Crippen LogP contribution >= 0.6 is 0 Å². The van der Waals surface area contributed by atoms with Crippen molar-refractivity contribution in [3.63, 3.8) is 0 Å². The Hall–Kier alpha value is -1.12. The molecule has 1 saturated carbocycles. The van der Waals surface area contributed by atoms with Crippen molar-refractivity contribution in [2.24, 2.45) is 5.41 Å². The Balaban J connectivity index is 1.81. The summed E-state index contributed by atoms with van der Waals surface area (Å²) in [5, 5.41) is 0. The summed E-state index contributed by atoms with van der Waals surface area (Å²) >= 11 is 0. The van der Waals surface area contributed by atoms with E-state index in [1.807, 2.05) is 6.92 Å². The van der Waals surface area contributed by atoms with Crippen molar-refractivity contribution in [2.45, 2.75) is 52.4 Å². The largest absolute Gasteiger partial charge is 0.356 e. The van der Waals surface area contributed by atoms with Crippen LogP contribution in [-0.2, 0) is 6.42 Å². The van der Waals surface area contributed by atoms with Crippen molar-refractivity contribution in [1.29, 1.82) is 0 Å². The van der Waals surface area contributed by atoms with E-state index in [-0.39, 0.29) is 0 Å². The fourth-order valence-corrected chi connectivity index (χ4v) is 3.62. The molecule has 1 aliphatic heterocycles. The molecule has 1 spiro atoms. The van der Waals surface area contributed by atoms with Gasteiger partial charge in [-0.1, -0.05) is 19.8 Å². The van der Waals surface area contributed by atoms with Gasteiger partial charge in [-0.3, -0.25) is 0 Å². The molecule has 0 atom stereocenters. The number of anilines is 1. The normalized spacial score (nSPS) is 22.0. The number of hydrogen-bond acceptors (Lipinski definition) is 3. The van der Waals surface area contributed by atoms with Crippen molar-refractivity contribution in [2.75, 3.05) is 18.0 Å². The maximum absolute atomic E-state index is 4.63. The molecule has 0 radical (unpaired) electrons. The van der Waals surface area contributed by atoms with Crippen LogP contribution in [0.15, 0.2) is 6.07 Å². The van der Waals surface area contributed by atoms with Crippen molar-refractivity contribution >= 4 is 5.82 Å². The van der Waals surface area contributed by atoms with Crippen molar-refractivity contribution in [1.82, 2.24) is 9.97 Å². The summed E-state index contributed by atoms with van der Waals surface area (Å²) in [5.41, 5.74) is 1.79. The molecule has 0 N–H and O–H groups in total. The van der Waals surface area contributed by atoms with E-state index in [4.69, 9.17) is 0 Å². The quantitative estimate of drug-likeness (QED) is 0.801. The number of aromatic nitrogens is 2. The van der Waals surface area contributed by atoms with Crippen LogP contribution in [0.5, 0.6) is 0 Å². The van der Waals surface area contributed by atoms with Gasteiger partial charge in [-0.25, -0.2) is 9.97 Å². The molecule has 98 valence electrons. The monoisotopic (exact) mass is 245 g/mol. The molecule has 0 unspecified atom stereocenters. The van der Waals surface area contributed by atoms with Crippen LogP contribution in [0.4, 0.5) is 5.82 Å². The minimum Gasteiger partial charge on any atom is -0.356 e. The molecule has 0 bridgehead atoms. The molecule has 3 nitrogen and oxygen atoms in total. The molecule has 0 aromatic carbocycles. The first-order valence-corrected chi connectivity index (χ1v) is 7.30. The number of rotatable bonds is 2. The fourth-order valence-electron chi connectivity index (χ4n) is 3.62. The molecule has 2 heterocycles. The van der Waals surface area contributed by atoms with E-state index < -0.39 is 0 Å². The predicted octanol–water partition coefficient (Wildman–Crippen LogP) is 3.12. The third-order valence-corrected chi connectivity index (χ3v) is 4.67. The van der Waals surface area contributed by atoms with E-state index in [9.17, 15) is 0 Å². The van der Waals surface area contributed by atoms with E-state index in [1.165, 1.54) is 50.9 Å². The van der Waals surface area contributed by atoms with Crippen molar-refractivity contribution in [3.8, 4) is 0 Å². The van der Waals surface area contributed by atoms with E-state index >= 15 is 0 Å². The van der Waals surface area contributed by atoms with Gasteiger partial charge in [-0.15, -0.1) is 0 Å². The van der Waals surface area contributed by atoms with Gasteiger partial charge in [-0.2, -0.15) is 0 Å². The molecule has 2 aliphatic rings. The first-order valence-electron chi connectivity index (χ1n) is 7.30. The van der Waals surface area contributed by atoms with Crippen LogP contribution in [0, 0.1) is 12.3 Å². The Kier molecular flexibility index (Phi) is 3.00. The zero-order valence-corrected chi connectivity index (χ0v) is 11.6. The topological polar surface area (TPSA) is 29.0 Å². The van der Waals surface area contributed by atoms with Crippen LogP contribution in [0.3, 0.4) is 0 Å². The fraction of sp³-hybridized carbons (Fsp3) is 0.733. The maximum atomic E-state index is 4.63. The zero-order chi connectivity index (χ0) is 12.6. The first-order chi connectivity index (χ1) is 8.71. The summed E-state index contributed by atoms with van der Waals surface area (Å²) in [6, 6.07) is 2.18. The summed E-state index contributed by atoms with van der Waals surface area (Å²) in [4.78, 5) is 11.6. The molecular weight excluding hydrogens is 222 g/mol. The summed E-state index contributed by atoms with van der Waals surface area (Å²) in [7, 11) is 0. The lowest BCUT2D eigenvalue weighted by Gasteiger charge is -2.24. The summed E-state index contributed by atoms with van der Waals surface area (Å²) in [6.07, 6.45) is 8.06. The lowest BCUT2D eigenvalue weighted by atomic mass is 9.86. The molecule has 1 aromatic rings. The Labute approximate surface area is 110 Å². The van der Waals surface area contributed by atoms with Crippen LogP contribution in [0.2, 0.25) is 0 Å². The average molecular weight is 245 g/mol. The minimum atomic E-state index is 0.616. The average Bonchev–Trinajstić information content (AvgIpc) is 3.00. The third-order valence-electron chi connectivity index (χ3n) is 4.67. The van der Waals surface area contributed by atoms with Gasteiger partial charge in [0, 0.05) is 24.8 Å². The second-order valence-electron chi connectivity index (χ2n) is 6.00. The highest BCUT2D eigenvalue weighted by atomic mass is 15.2. The SMILES string of the molecule is CCc1cc(N2CCC3(CCCC3)C2)nc(C)n1. The molecule has 1 saturated heterocycles. The van der Waals surface area contributed by atoms with Gasteiger partial charge in [0.1, 0.15) is 11.6 Å². The Morgan fingerprint density at radius 2 is 2.00 bits per heavy atom. The van der Waals surface area contributed by atoms with Crippen LogP contribution < -0.4 is 4.90 Å². The second-order valence-corrected chi connectivity index (χ2v) is 6.00. The van der Waals surface area contributed by atoms with Gasteiger partial charge in [-0.05, 0) is 38.0 Å². The Morgan fingerprint density at radius 1 is 1.22 bits per heavy atom. The van der Waals surface area contributed by atoms with Gasteiger partial charge >= 0.3 is 0 Å². The van der Waals surface area contributed by atoms with Gasteiger partial charge < -0.3 is 4.90 Å². The van der Waals surface area contributed by atoms with Crippen LogP contribution in [-0.4, -0.2) is 23.1 Å². The minimum absolute atomic E-state index is 0.616. The summed E-state index contributed by atoms with van der Waals surface area (Å²) < 4.78 is 0. The molecular formula is C15H23N3. The molecule has 18 heavy (non-hydrogen) atoms. The van der Waals surface area contributed by atoms with Crippen molar-refractivity contribution < 1.29 is 0 Å². The second kappa shape index (κ2) is 4.52. The Morgan fingerprint density at radius 3 is 2.72 bits per heavy atom. The van der Waals surface area contributed by atoms with E-state index in [0.717, 1.165) is 18.1 Å². The molecule has 3 rings (SSSR count). The predicted molar refractivity (Wildman–Crippen MR) is 73.9 cm³/mol. The van der Waals surface area contributed by atoms with Crippen LogP contribution in [0.25, 0.3) is 0 Å². The number of nitrogens with zero attached hydrogens (tertiary/aromatic N) is 3. The summed E-state index contributed by atoms with van der Waals surface area (Å²) in [5.74, 6) is 2.07. The first kappa shape index (κ1) is 11.9. The highest BCUT2D eigenvalue weighted by molar-refractivity contribution is 5.42. The highest BCUT2D eigenvalue weighted by Gasteiger charge is 2.40. The van der Waals surface area contributed by atoms with E-state index in [0.29, 0.717) is 5.41 Å². The summed E-state index contributed by atoms with van der Waals surface area (Å²) in [6.45, 7) is 6.56. The lowest BCUT2D eigenvalue weighted by Crippen LogP contribution is -2.26. The molecule has 2 fully saturated rings. The maximum Gasteiger partial charge on any atom is 0.132 e. The standard InChI is InChI=1S/C15H23N3/c1-3-13-10-14(17-12(2)16-13)18-9-8-15(11-18)6-4-5-7-15/h10H,3-9,11H2,1-2H3. The number of hydrogen-bond donors (Lipinski definition) is 0. The van der Waals surface area contributed by atoms with Gasteiger partial charge in [0.25, 0.3) is 0 Å². The van der Waals surface area contributed by atoms with E-state index in [1.54, 1.807) is 0 Å². The molecule has 1 aliphatic carbocycles. The van der Waals surface area contributed by atoms with Gasteiger partial charge in [0.05, 0.1) is 0 Å². The highest BCUT2D eigenvalue weighted by Crippen LogP contribution is 2.46. The Bertz CT molecular complexity index is 435. The van der Waals surface area contributed by atoms with Crippen molar-refractivity contribution in [3.05, 3.63) is 17.6 Å². The third kappa shape index (κ3) is 2.11. The molecule has 1 aromatic heterocycles. The number of aryl methyl sites for hydroxylation is 2. The van der Waals surface area contributed by atoms with E-state index in [2.05, 4.69) is 27.9 Å². The molecule has 0 amide bonds. The van der Waals surface area contributed by atoms with Crippen LogP contribution in [0.1, 0.15) is 50.5 Å². The van der Waals surface area contributed by atoms with Gasteiger partial charge in [0.2, 0.25) is 0 Å².